The average molecular weight is 441 g/mol. The van der Waals surface area contributed by atoms with Gasteiger partial charge in [0.25, 0.3) is 0 Å². The number of fused-ring (bicyclic) bond motifs is 3. The Labute approximate surface area is 188 Å². The molecule has 0 saturated heterocycles. The topological polar surface area (TPSA) is 86.6 Å². The number of nitrogens with one attached hydrogen (secondary N) is 1. The summed E-state index contributed by atoms with van der Waals surface area (Å²) in [5.41, 5.74) is 1.39. The van der Waals surface area contributed by atoms with E-state index < -0.39 is 17.6 Å². The predicted octanol–water partition coefficient (Wildman–Crippen LogP) is 3.99. The van der Waals surface area contributed by atoms with E-state index in [1.165, 1.54) is 20.5 Å². The van der Waals surface area contributed by atoms with Gasteiger partial charge in [-0.3, -0.25) is 4.79 Å². The number of ether oxygens (including phenoxy) is 2. The molecule has 7 heteroatoms. The highest BCUT2D eigenvalue weighted by molar-refractivity contribution is 5.96. The van der Waals surface area contributed by atoms with Crippen molar-refractivity contribution in [2.45, 2.75) is 64.3 Å². The largest absolute Gasteiger partial charge is 0.467 e. The van der Waals surface area contributed by atoms with Gasteiger partial charge in [-0.05, 0) is 30.9 Å². The molecule has 1 amide bonds. The maximum Gasteiger partial charge on any atom is 0.418 e. The Bertz CT molecular complexity index is 1040. The number of nitrogens with zero attached hydrogens (tertiary/aromatic N) is 1. The van der Waals surface area contributed by atoms with Crippen LogP contribution >= 0.6 is 0 Å². The third-order valence-electron chi connectivity index (χ3n) is 7.21. The normalized spacial score (nSPS) is 23.4. The minimum atomic E-state index is -1.15. The van der Waals surface area contributed by atoms with Crippen molar-refractivity contribution in [2.24, 2.45) is 11.8 Å². The van der Waals surface area contributed by atoms with E-state index in [2.05, 4.69) is 5.32 Å². The fraction of sp³-hybridized carbons (Fsp3) is 0.560. The summed E-state index contributed by atoms with van der Waals surface area (Å²) in [5.74, 6) is -0.573. The van der Waals surface area contributed by atoms with Crippen molar-refractivity contribution >= 4 is 28.9 Å². The average Bonchev–Trinajstić information content (AvgIpc) is 3.11. The first kappa shape index (κ1) is 22.4. The number of rotatable bonds is 4. The quantitative estimate of drug-likeness (QED) is 0.727. The van der Waals surface area contributed by atoms with Crippen LogP contribution in [0.5, 0.6) is 0 Å². The molecule has 0 spiro atoms. The number of hydrogen-bond acceptors (Lipinski definition) is 5. The van der Waals surface area contributed by atoms with Gasteiger partial charge in [0, 0.05) is 30.3 Å². The maximum atomic E-state index is 13.3. The van der Waals surface area contributed by atoms with Crippen molar-refractivity contribution < 1.29 is 23.9 Å². The second-order valence-electron chi connectivity index (χ2n) is 9.01. The van der Waals surface area contributed by atoms with Crippen molar-refractivity contribution in [3.63, 3.8) is 0 Å². The van der Waals surface area contributed by atoms with Crippen molar-refractivity contribution in [2.75, 3.05) is 13.7 Å². The minimum absolute atomic E-state index is 0.163. The lowest BCUT2D eigenvalue weighted by atomic mass is 9.63. The minimum Gasteiger partial charge on any atom is -0.467 e. The number of methoxy groups -OCH3 is 1. The maximum absolute atomic E-state index is 13.3. The van der Waals surface area contributed by atoms with Crippen LogP contribution in [0.1, 0.15) is 57.2 Å². The van der Waals surface area contributed by atoms with Crippen LogP contribution in [0.2, 0.25) is 0 Å². The molecule has 1 N–H and O–H groups in total. The highest BCUT2D eigenvalue weighted by Gasteiger charge is 2.54. The number of aromatic nitrogens is 1. The van der Waals surface area contributed by atoms with E-state index in [0.717, 1.165) is 47.8 Å². The lowest BCUT2D eigenvalue weighted by Gasteiger charge is -2.46. The van der Waals surface area contributed by atoms with Gasteiger partial charge < -0.3 is 14.8 Å². The number of hydrogen-bond donors (Lipinski definition) is 1. The molecule has 1 fully saturated rings. The molecular weight excluding hydrogens is 408 g/mol. The van der Waals surface area contributed by atoms with Gasteiger partial charge in [-0.1, -0.05) is 50.3 Å². The van der Waals surface area contributed by atoms with Gasteiger partial charge in [0.05, 0.1) is 19.2 Å². The van der Waals surface area contributed by atoms with Crippen molar-refractivity contribution in [1.29, 1.82) is 0 Å². The van der Waals surface area contributed by atoms with Gasteiger partial charge in [0.15, 0.2) is 0 Å². The number of para-hydroxylation sites is 1. The zero-order valence-corrected chi connectivity index (χ0v) is 19.1. The fourth-order valence-corrected chi connectivity index (χ4v) is 5.97. The summed E-state index contributed by atoms with van der Waals surface area (Å²) in [6.07, 6.45) is 5.78. The zero-order chi connectivity index (χ0) is 22.9. The molecule has 0 bridgehead atoms. The summed E-state index contributed by atoms with van der Waals surface area (Å²) in [4.78, 5) is 38.7. The summed E-state index contributed by atoms with van der Waals surface area (Å²) in [6, 6.07) is 7.67. The summed E-state index contributed by atoms with van der Waals surface area (Å²) in [5, 5.41) is 3.92. The Hall–Kier alpha value is -2.83. The molecule has 0 radical (unpaired) electrons. The third kappa shape index (κ3) is 3.67. The first-order valence-corrected chi connectivity index (χ1v) is 11.6. The predicted molar refractivity (Wildman–Crippen MR) is 120 cm³/mol. The molecule has 1 aromatic carbocycles. The summed E-state index contributed by atoms with van der Waals surface area (Å²) in [7, 11) is 1.38. The van der Waals surface area contributed by atoms with Crippen LogP contribution in [0.3, 0.4) is 0 Å². The molecular formula is C25H32N2O5. The van der Waals surface area contributed by atoms with Gasteiger partial charge >= 0.3 is 12.1 Å². The van der Waals surface area contributed by atoms with E-state index >= 15 is 0 Å². The molecule has 1 saturated carbocycles. The first-order chi connectivity index (χ1) is 15.4. The Morgan fingerprint density at radius 1 is 1.16 bits per heavy atom. The van der Waals surface area contributed by atoms with E-state index in [1.807, 2.05) is 24.3 Å². The Morgan fingerprint density at radius 3 is 2.53 bits per heavy atom. The highest BCUT2D eigenvalue weighted by atomic mass is 16.5. The number of benzene rings is 1. The van der Waals surface area contributed by atoms with Crippen molar-refractivity contribution in [3.05, 3.63) is 35.5 Å². The Morgan fingerprint density at radius 2 is 1.88 bits per heavy atom. The summed E-state index contributed by atoms with van der Waals surface area (Å²) >= 11 is 0. The van der Waals surface area contributed by atoms with Gasteiger partial charge in [0.1, 0.15) is 5.54 Å². The monoisotopic (exact) mass is 440 g/mol. The van der Waals surface area contributed by atoms with Gasteiger partial charge in [-0.2, -0.15) is 0 Å². The van der Waals surface area contributed by atoms with Gasteiger partial charge in [-0.15, -0.1) is 0 Å². The lowest BCUT2D eigenvalue weighted by Crippen LogP contribution is -2.64. The van der Waals surface area contributed by atoms with Crippen LogP contribution in [0.4, 0.5) is 4.79 Å². The number of carbonyl (C=O) groups is 3. The number of carbonyl (C=O) groups excluding carboxylic acids is 3. The molecule has 4 rings (SSSR count). The molecule has 32 heavy (non-hydrogen) atoms. The second-order valence-corrected chi connectivity index (χ2v) is 9.01. The molecule has 1 aromatic heterocycles. The molecule has 172 valence electrons. The van der Waals surface area contributed by atoms with Crippen LogP contribution in [-0.4, -0.2) is 41.8 Å². The standard InChI is InChI=1S/C25H32N2O5/c1-4-32-24(30)27-21-13-9-8-12-18(21)19-15-25(23(29)31-3,26-16(2)28)20(14-22(19)27)17-10-6-5-7-11-17/h8-9,12-13,17,20H,4-7,10-11,14-15H2,1-3H3,(H,26,28)/t20-,25+/m1/s1. The zero-order valence-electron chi connectivity index (χ0n) is 19.1. The van der Waals surface area contributed by atoms with Gasteiger partial charge in [0.2, 0.25) is 5.91 Å². The molecule has 0 unspecified atom stereocenters. The third-order valence-corrected chi connectivity index (χ3v) is 7.21. The Balaban J connectivity index is 1.93. The molecule has 7 nitrogen and oxygen atoms in total. The van der Waals surface area contributed by atoms with E-state index in [9.17, 15) is 14.4 Å². The molecule has 2 aliphatic carbocycles. The highest BCUT2D eigenvalue weighted by Crippen LogP contribution is 2.46. The molecule has 1 heterocycles. The number of amides is 1. The Kier molecular flexibility index (Phi) is 6.26. The summed E-state index contributed by atoms with van der Waals surface area (Å²) in [6.45, 7) is 3.52. The van der Waals surface area contributed by atoms with E-state index in [0.29, 0.717) is 12.8 Å². The van der Waals surface area contributed by atoms with Crippen LogP contribution in [0.15, 0.2) is 24.3 Å². The van der Waals surface area contributed by atoms with Crippen molar-refractivity contribution in [1.82, 2.24) is 9.88 Å². The van der Waals surface area contributed by atoms with Crippen LogP contribution in [0, 0.1) is 11.8 Å². The fourth-order valence-electron chi connectivity index (χ4n) is 5.97. The first-order valence-electron chi connectivity index (χ1n) is 11.6. The molecule has 0 aliphatic heterocycles. The van der Waals surface area contributed by atoms with Crippen LogP contribution in [0.25, 0.3) is 10.9 Å². The van der Waals surface area contributed by atoms with E-state index in [1.54, 1.807) is 11.5 Å². The van der Waals surface area contributed by atoms with E-state index in [4.69, 9.17) is 9.47 Å². The van der Waals surface area contributed by atoms with Crippen LogP contribution < -0.4 is 5.32 Å². The smallest absolute Gasteiger partial charge is 0.418 e. The summed E-state index contributed by atoms with van der Waals surface area (Å²) < 4.78 is 12.3. The lowest BCUT2D eigenvalue weighted by molar-refractivity contribution is -0.155. The number of esters is 1. The molecule has 2 aromatic rings. The molecule has 2 aliphatic rings. The van der Waals surface area contributed by atoms with Crippen LogP contribution in [-0.2, 0) is 31.9 Å². The second kappa shape index (κ2) is 8.96. The van der Waals surface area contributed by atoms with Crippen molar-refractivity contribution in [3.8, 4) is 0 Å². The molecule has 2 atom stereocenters. The van der Waals surface area contributed by atoms with Gasteiger partial charge in [-0.25, -0.2) is 14.2 Å². The van der Waals surface area contributed by atoms with E-state index in [-0.39, 0.29) is 24.3 Å². The SMILES string of the molecule is CCOC(=O)n1c2c(c3ccccc31)C[C@@](NC(C)=O)(C(=O)OC)[C@@H](C1CCCCC1)C2.